The van der Waals surface area contributed by atoms with Crippen molar-refractivity contribution in [3.63, 3.8) is 0 Å². The molecule has 0 amide bonds. The number of hydrogen-bond acceptors (Lipinski definition) is 3. The summed E-state index contributed by atoms with van der Waals surface area (Å²) in [7, 11) is 1.91. The monoisotopic (exact) mass is 276 g/mol. The summed E-state index contributed by atoms with van der Waals surface area (Å²) in [4.78, 5) is 8.71. The molecular formula is C17H16N4. The Morgan fingerprint density at radius 1 is 1.19 bits per heavy atom. The highest BCUT2D eigenvalue weighted by molar-refractivity contribution is 5.69. The first-order chi connectivity index (χ1) is 10.4. The van der Waals surface area contributed by atoms with Gasteiger partial charge in [0.2, 0.25) is 0 Å². The zero-order valence-electron chi connectivity index (χ0n) is 11.8. The number of benzene rings is 1. The number of nitrogens with one attached hydrogen (secondary N) is 1. The summed E-state index contributed by atoms with van der Waals surface area (Å²) in [5.41, 5.74) is 5.07. The van der Waals surface area contributed by atoms with Gasteiger partial charge in [-0.2, -0.15) is 0 Å². The third kappa shape index (κ3) is 1.83. The fraction of sp³-hybridized carbons (Fsp3) is 0.176. The molecule has 3 aromatic rings. The van der Waals surface area contributed by atoms with E-state index in [0.29, 0.717) is 0 Å². The maximum Gasteiger partial charge on any atom is 0.128 e. The van der Waals surface area contributed by atoms with Gasteiger partial charge in [-0.1, -0.05) is 30.3 Å². The Balaban J connectivity index is 1.79. The third-order valence-electron chi connectivity index (χ3n) is 4.14. The van der Waals surface area contributed by atoms with Crippen molar-refractivity contribution in [2.45, 2.75) is 12.5 Å². The highest BCUT2D eigenvalue weighted by atomic mass is 15.1. The molecule has 1 unspecified atom stereocenters. The molecule has 0 spiro atoms. The van der Waals surface area contributed by atoms with Crippen molar-refractivity contribution in [2.75, 3.05) is 12.4 Å². The standard InChI is InChI=1S/C17H16N4/c1-18-17-12(5-4-8-20-17)9-15-13-6-2-3-7-14(13)16-10-19-11-21(15)16/h2-8,10-11,15H,9H2,1H3,(H,18,20). The Bertz CT molecular complexity index is 791. The molecule has 0 radical (unpaired) electrons. The van der Waals surface area contributed by atoms with Crippen molar-refractivity contribution in [3.8, 4) is 11.3 Å². The molecular weight excluding hydrogens is 260 g/mol. The van der Waals surface area contributed by atoms with Crippen LogP contribution in [0.2, 0.25) is 0 Å². The summed E-state index contributed by atoms with van der Waals surface area (Å²) in [6.07, 6.45) is 6.60. The average molecular weight is 276 g/mol. The highest BCUT2D eigenvalue weighted by Gasteiger charge is 2.28. The predicted octanol–water partition coefficient (Wildman–Crippen LogP) is 3.13. The molecule has 0 aliphatic carbocycles. The van der Waals surface area contributed by atoms with E-state index >= 15 is 0 Å². The minimum absolute atomic E-state index is 0.287. The summed E-state index contributed by atoms with van der Waals surface area (Å²) in [6.45, 7) is 0. The van der Waals surface area contributed by atoms with E-state index in [1.807, 2.05) is 31.8 Å². The lowest BCUT2D eigenvalue weighted by Crippen LogP contribution is -2.10. The molecule has 3 heterocycles. The van der Waals surface area contributed by atoms with Crippen molar-refractivity contribution in [1.82, 2.24) is 14.5 Å². The smallest absolute Gasteiger partial charge is 0.128 e. The number of pyridine rings is 1. The van der Waals surface area contributed by atoms with Gasteiger partial charge >= 0.3 is 0 Å². The molecule has 4 heteroatoms. The summed E-state index contributed by atoms with van der Waals surface area (Å²) in [5.74, 6) is 0.948. The van der Waals surface area contributed by atoms with Crippen LogP contribution in [0.25, 0.3) is 11.3 Å². The number of imidazole rings is 1. The van der Waals surface area contributed by atoms with E-state index in [9.17, 15) is 0 Å². The molecule has 0 saturated heterocycles. The zero-order valence-corrected chi connectivity index (χ0v) is 11.8. The molecule has 104 valence electrons. The second-order valence-corrected chi connectivity index (χ2v) is 5.25. The van der Waals surface area contributed by atoms with Crippen LogP contribution < -0.4 is 5.32 Å². The molecule has 21 heavy (non-hydrogen) atoms. The number of hydrogen-bond donors (Lipinski definition) is 1. The van der Waals surface area contributed by atoms with Gasteiger partial charge in [0, 0.05) is 25.2 Å². The molecule has 0 bridgehead atoms. The van der Waals surface area contributed by atoms with Gasteiger partial charge in [-0.25, -0.2) is 9.97 Å². The molecule has 1 aromatic carbocycles. The second kappa shape index (κ2) is 4.74. The number of anilines is 1. The summed E-state index contributed by atoms with van der Waals surface area (Å²) >= 11 is 0. The fourth-order valence-electron chi connectivity index (χ4n) is 3.18. The number of nitrogens with zero attached hydrogens (tertiary/aromatic N) is 3. The SMILES string of the molecule is CNc1ncccc1CC1c2ccccc2-c2cncn21. The molecule has 1 N–H and O–H groups in total. The van der Waals surface area contributed by atoms with Gasteiger partial charge in [0.15, 0.2) is 0 Å². The fourth-order valence-corrected chi connectivity index (χ4v) is 3.18. The first-order valence-electron chi connectivity index (χ1n) is 7.11. The molecule has 2 aromatic heterocycles. The lowest BCUT2D eigenvalue weighted by Gasteiger charge is -2.16. The molecule has 1 aliphatic heterocycles. The molecule has 4 rings (SSSR count). The van der Waals surface area contributed by atoms with Crippen LogP contribution in [0.4, 0.5) is 5.82 Å². The van der Waals surface area contributed by atoms with Crippen LogP contribution in [0.15, 0.2) is 55.1 Å². The van der Waals surface area contributed by atoms with E-state index < -0.39 is 0 Å². The normalized spacial score (nSPS) is 15.6. The van der Waals surface area contributed by atoms with Crippen LogP contribution in [0.1, 0.15) is 17.2 Å². The number of rotatable bonds is 3. The van der Waals surface area contributed by atoms with E-state index in [0.717, 1.165) is 12.2 Å². The van der Waals surface area contributed by atoms with Gasteiger partial charge in [-0.3, -0.25) is 0 Å². The van der Waals surface area contributed by atoms with E-state index in [-0.39, 0.29) is 6.04 Å². The molecule has 1 atom stereocenters. The van der Waals surface area contributed by atoms with Crippen LogP contribution in [0.5, 0.6) is 0 Å². The molecule has 0 fully saturated rings. The summed E-state index contributed by atoms with van der Waals surface area (Å²) in [5, 5.41) is 3.18. The van der Waals surface area contributed by atoms with Crippen molar-refractivity contribution in [3.05, 3.63) is 66.2 Å². The Labute approximate surface area is 123 Å². The molecule has 0 saturated carbocycles. The lowest BCUT2D eigenvalue weighted by molar-refractivity contribution is 0.608. The zero-order chi connectivity index (χ0) is 14.2. The van der Waals surface area contributed by atoms with Crippen LogP contribution in [0, 0.1) is 0 Å². The minimum Gasteiger partial charge on any atom is -0.373 e. The average Bonchev–Trinajstić information content (AvgIpc) is 3.11. The summed E-state index contributed by atoms with van der Waals surface area (Å²) in [6, 6.07) is 13.0. The third-order valence-corrected chi connectivity index (χ3v) is 4.14. The van der Waals surface area contributed by atoms with Gasteiger partial charge in [0.25, 0.3) is 0 Å². The van der Waals surface area contributed by atoms with Crippen LogP contribution in [-0.4, -0.2) is 21.6 Å². The van der Waals surface area contributed by atoms with Crippen LogP contribution in [0.3, 0.4) is 0 Å². The molecule has 4 nitrogen and oxygen atoms in total. The topological polar surface area (TPSA) is 42.7 Å². The molecule has 1 aliphatic rings. The lowest BCUT2D eigenvalue weighted by atomic mass is 9.98. The van der Waals surface area contributed by atoms with E-state index in [1.54, 1.807) is 0 Å². The van der Waals surface area contributed by atoms with Crippen molar-refractivity contribution >= 4 is 5.82 Å². The Hall–Kier alpha value is -2.62. The van der Waals surface area contributed by atoms with E-state index in [2.05, 4.69) is 50.2 Å². The Morgan fingerprint density at radius 2 is 2.10 bits per heavy atom. The van der Waals surface area contributed by atoms with Crippen molar-refractivity contribution in [2.24, 2.45) is 0 Å². The predicted molar refractivity (Wildman–Crippen MR) is 83.3 cm³/mol. The summed E-state index contributed by atoms with van der Waals surface area (Å²) < 4.78 is 2.26. The quantitative estimate of drug-likeness (QED) is 0.799. The second-order valence-electron chi connectivity index (χ2n) is 5.25. The van der Waals surface area contributed by atoms with Gasteiger partial charge in [-0.05, 0) is 17.2 Å². The Morgan fingerprint density at radius 3 is 3.00 bits per heavy atom. The van der Waals surface area contributed by atoms with Gasteiger partial charge < -0.3 is 9.88 Å². The first kappa shape index (κ1) is 12.1. The van der Waals surface area contributed by atoms with Gasteiger partial charge in [0.05, 0.1) is 24.3 Å². The van der Waals surface area contributed by atoms with Crippen molar-refractivity contribution in [1.29, 1.82) is 0 Å². The number of aromatic nitrogens is 3. The van der Waals surface area contributed by atoms with Crippen molar-refractivity contribution < 1.29 is 0 Å². The van der Waals surface area contributed by atoms with E-state index in [1.165, 1.54) is 22.4 Å². The largest absolute Gasteiger partial charge is 0.373 e. The van der Waals surface area contributed by atoms with E-state index in [4.69, 9.17) is 0 Å². The maximum atomic E-state index is 4.40. The first-order valence-corrected chi connectivity index (χ1v) is 7.11. The minimum atomic E-state index is 0.287. The van der Waals surface area contributed by atoms with Crippen LogP contribution >= 0.6 is 0 Å². The maximum absolute atomic E-state index is 4.40. The highest BCUT2D eigenvalue weighted by Crippen LogP contribution is 2.40. The van der Waals surface area contributed by atoms with Gasteiger partial charge in [0.1, 0.15) is 5.82 Å². The Kier molecular flexibility index (Phi) is 2.74. The van der Waals surface area contributed by atoms with Gasteiger partial charge in [-0.15, -0.1) is 0 Å². The number of fused-ring (bicyclic) bond motifs is 3. The van der Waals surface area contributed by atoms with Crippen LogP contribution in [-0.2, 0) is 6.42 Å².